The van der Waals surface area contributed by atoms with Crippen LogP contribution in [0.1, 0.15) is 5.56 Å². The Morgan fingerprint density at radius 1 is 0.929 bits per heavy atom. The molecule has 0 unspecified atom stereocenters. The molecular formula is C22H23N5S. The largest absolute Gasteiger partial charge is 0.315 e. The summed E-state index contributed by atoms with van der Waals surface area (Å²) in [5.74, 6) is 1.94. The van der Waals surface area contributed by atoms with Gasteiger partial charge in [0, 0.05) is 56.2 Å². The van der Waals surface area contributed by atoms with Gasteiger partial charge in [0.15, 0.2) is 0 Å². The number of fused-ring (bicyclic) bond motifs is 1. The number of thioether (sulfide) groups is 1. The topological polar surface area (TPSA) is 44.3 Å². The lowest BCUT2D eigenvalue weighted by Gasteiger charge is -2.27. The monoisotopic (exact) mass is 389 g/mol. The molecule has 3 aromatic rings. The van der Waals surface area contributed by atoms with Gasteiger partial charge in [0.25, 0.3) is 0 Å². The third-order valence-electron chi connectivity index (χ3n) is 5.32. The minimum atomic E-state index is 0.902. The summed E-state index contributed by atoms with van der Waals surface area (Å²) in [5, 5.41) is 3.42. The van der Waals surface area contributed by atoms with E-state index in [0.717, 1.165) is 44.4 Å². The second kappa shape index (κ2) is 7.91. The van der Waals surface area contributed by atoms with Gasteiger partial charge in [0.05, 0.1) is 11.6 Å². The van der Waals surface area contributed by atoms with Crippen molar-refractivity contribution in [1.29, 1.82) is 0 Å². The maximum absolute atomic E-state index is 4.67. The molecule has 28 heavy (non-hydrogen) atoms. The van der Waals surface area contributed by atoms with Crippen molar-refractivity contribution >= 4 is 23.3 Å². The zero-order valence-corrected chi connectivity index (χ0v) is 16.5. The van der Waals surface area contributed by atoms with Gasteiger partial charge < -0.3 is 10.2 Å². The summed E-state index contributed by atoms with van der Waals surface area (Å²) >= 11 is 1.87. The highest BCUT2D eigenvalue weighted by molar-refractivity contribution is 7.99. The van der Waals surface area contributed by atoms with E-state index in [1.54, 1.807) is 0 Å². The van der Waals surface area contributed by atoms with Crippen LogP contribution in [-0.4, -0.2) is 46.9 Å². The molecule has 0 bridgehead atoms. The molecule has 0 spiro atoms. The van der Waals surface area contributed by atoms with Crippen LogP contribution in [0.4, 0.5) is 11.5 Å². The number of piperazine rings is 1. The summed E-state index contributed by atoms with van der Waals surface area (Å²) in [7, 11) is 0. The SMILES string of the molecule is c1cc(-c2ccc3c(c2)SCN3c2cc(CN3CCNCC3)ccn2)ccn1. The van der Waals surface area contributed by atoms with Crippen molar-refractivity contribution in [1.82, 2.24) is 20.2 Å². The molecule has 0 atom stereocenters. The number of nitrogens with one attached hydrogen (secondary N) is 1. The lowest BCUT2D eigenvalue weighted by atomic mass is 10.1. The number of benzene rings is 1. The molecule has 1 fully saturated rings. The van der Waals surface area contributed by atoms with E-state index in [-0.39, 0.29) is 0 Å². The van der Waals surface area contributed by atoms with E-state index < -0.39 is 0 Å². The molecular weight excluding hydrogens is 366 g/mol. The number of rotatable bonds is 4. The van der Waals surface area contributed by atoms with Gasteiger partial charge in [-0.05, 0) is 53.1 Å². The third kappa shape index (κ3) is 3.63. The molecule has 6 heteroatoms. The third-order valence-corrected chi connectivity index (χ3v) is 6.34. The van der Waals surface area contributed by atoms with E-state index in [2.05, 4.69) is 67.5 Å². The molecule has 4 heterocycles. The number of nitrogens with zero attached hydrogens (tertiary/aromatic N) is 4. The summed E-state index contributed by atoms with van der Waals surface area (Å²) < 4.78 is 0. The van der Waals surface area contributed by atoms with Crippen molar-refractivity contribution in [3.8, 4) is 11.1 Å². The van der Waals surface area contributed by atoms with Crippen LogP contribution in [0.3, 0.4) is 0 Å². The Kier molecular flexibility index (Phi) is 4.99. The maximum Gasteiger partial charge on any atom is 0.134 e. The van der Waals surface area contributed by atoms with Gasteiger partial charge >= 0.3 is 0 Å². The first-order valence-corrected chi connectivity index (χ1v) is 10.7. The van der Waals surface area contributed by atoms with E-state index in [9.17, 15) is 0 Å². The molecule has 1 N–H and O–H groups in total. The molecule has 1 aromatic carbocycles. The lowest BCUT2D eigenvalue weighted by molar-refractivity contribution is 0.233. The highest BCUT2D eigenvalue weighted by Crippen LogP contribution is 2.44. The van der Waals surface area contributed by atoms with Gasteiger partial charge in [-0.3, -0.25) is 9.88 Å². The molecule has 0 aliphatic carbocycles. The second-order valence-electron chi connectivity index (χ2n) is 7.17. The van der Waals surface area contributed by atoms with E-state index in [0.29, 0.717) is 0 Å². The normalized spacial score (nSPS) is 16.9. The van der Waals surface area contributed by atoms with Gasteiger partial charge in [0.1, 0.15) is 5.82 Å². The summed E-state index contributed by atoms with van der Waals surface area (Å²) in [6, 6.07) is 15.2. The van der Waals surface area contributed by atoms with E-state index >= 15 is 0 Å². The molecule has 2 aromatic heterocycles. The molecule has 0 radical (unpaired) electrons. The standard InChI is InChI=1S/C22H23N5S/c1-2-20-21(14-19(1)18-4-6-23-7-5-18)28-16-27(20)22-13-17(3-8-25-22)15-26-11-9-24-10-12-26/h1-8,13-14,24H,9-12,15-16H2. The Bertz CT molecular complexity index is 956. The molecule has 5 nitrogen and oxygen atoms in total. The van der Waals surface area contributed by atoms with E-state index in [1.165, 1.54) is 27.3 Å². The Hall–Kier alpha value is -2.41. The summed E-state index contributed by atoms with van der Waals surface area (Å²) in [6.07, 6.45) is 5.63. The quantitative estimate of drug-likeness (QED) is 0.733. The Balaban J connectivity index is 1.38. The molecule has 2 aliphatic heterocycles. The fraction of sp³-hybridized carbons (Fsp3) is 0.273. The zero-order chi connectivity index (χ0) is 18.8. The second-order valence-corrected chi connectivity index (χ2v) is 8.15. The summed E-state index contributed by atoms with van der Waals surface area (Å²) in [6.45, 7) is 5.36. The molecule has 0 saturated carbocycles. The average Bonchev–Trinajstić information content (AvgIpc) is 3.19. The van der Waals surface area contributed by atoms with Gasteiger partial charge in [0.2, 0.25) is 0 Å². The van der Waals surface area contributed by atoms with Crippen LogP contribution in [0.5, 0.6) is 0 Å². The zero-order valence-electron chi connectivity index (χ0n) is 15.7. The van der Waals surface area contributed by atoms with Crippen LogP contribution in [0.25, 0.3) is 11.1 Å². The highest BCUT2D eigenvalue weighted by Gasteiger charge is 2.23. The van der Waals surface area contributed by atoms with Crippen LogP contribution in [0, 0.1) is 0 Å². The van der Waals surface area contributed by atoms with Gasteiger partial charge in [-0.1, -0.05) is 6.07 Å². The number of pyridine rings is 2. The molecule has 5 rings (SSSR count). The minimum Gasteiger partial charge on any atom is -0.315 e. The first-order chi connectivity index (χ1) is 13.9. The number of hydrogen-bond donors (Lipinski definition) is 1. The summed E-state index contributed by atoms with van der Waals surface area (Å²) in [4.78, 5) is 14.9. The predicted molar refractivity (Wildman–Crippen MR) is 115 cm³/mol. The van der Waals surface area contributed by atoms with Crippen LogP contribution in [0.15, 0.2) is 66.0 Å². The first-order valence-electron chi connectivity index (χ1n) is 9.70. The van der Waals surface area contributed by atoms with Crippen molar-refractivity contribution in [2.45, 2.75) is 11.4 Å². The predicted octanol–water partition coefficient (Wildman–Crippen LogP) is 3.75. The van der Waals surface area contributed by atoms with Crippen LogP contribution in [-0.2, 0) is 6.54 Å². The van der Waals surface area contributed by atoms with Gasteiger partial charge in [-0.2, -0.15) is 0 Å². The molecule has 0 amide bonds. The van der Waals surface area contributed by atoms with Crippen LogP contribution in [0.2, 0.25) is 0 Å². The molecule has 1 saturated heterocycles. The molecule has 2 aliphatic rings. The van der Waals surface area contributed by atoms with E-state index in [4.69, 9.17) is 0 Å². The van der Waals surface area contributed by atoms with Gasteiger partial charge in [-0.25, -0.2) is 4.98 Å². The van der Waals surface area contributed by atoms with Crippen molar-refractivity contribution < 1.29 is 0 Å². The van der Waals surface area contributed by atoms with Crippen molar-refractivity contribution in [2.24, 2.45) is 0 Å². The summed E-state index contributed by atoms with van der Waals surface area (Å²) in [5.41, 5.74) is 5.01. The molecule has 142 valence electrons. The van der Waals surface area contributed by atoms with E-state index in [1.807, 2.05) is 30.4 Å². The smallest absolute Gasteiger partial charge is 0.134 e. The highest BCUT2D eigenvalue weighted by atomic mass is 32.2. The maximum atomic E-state index is 4.67. The fourth-order valence-corrected chi connectivity index (χ4v) is 4.88. The number of aromatic nitrogens is 2. The minimum absolute atomic E-state index is 0.902. The average molecular weight is 390 g/mol. The fourth-order valence-electron chi connectivity index (χ4n) is 3.80. The van der Waals surface area contributed by atoms with Crippen molar-refractivity contribution in [3.63, 3.8) is 0 Å². The first kappa shape index (κ1) is 17.7. The number of anilines is 2. The van der Waals surface area contributed by atoms with Gasteiger partial charge in [-0.15, -0.1) is 11.8 Å². The van der Waals surface area contributed by atoms with Crippen molar-refractivity contribution in [2.75, 3.05) is 37.0 Å². The van der Waals surface area contributed by atoms with Crippen LogP contribution >= 0.6 is 11.8 Å². The van der Waals surface area contributed by atoms with Crippen LogP contribution < -0.4 is 10.2 Å². The lowest BCUT2D eigenvalue weighted by Crippen LogP contribution is -2.42. The number of hydrogen-bond acceptors (Lipinski definition) is 6. The van der Waals surface area contributed by atoms with Crippen molar-refractivity contribution in [3.05, 3.63) is 66.6 Å². The Morgan fingerprint density at radius 3 is 2.64 bits per heavy atom. The Labute approximate surface area is 169 Å². The Morgan fingerprint density at radius 2 is 1.79 bits per heavy atom.